The molecule has 3 fully saturated rings. The molecule has 3 aliphatic carbocycles. The first-order valence-electron chi connectivity index (χ1n) is 2.91. The normalized spacial score (nSPS) is 46.6. The molecular weight excluding hydrogens is 88.1 g/mol. The van der Waals surface area contributed by atoms with Crippen LogP contribution in [0.4, 0.5) is 0 Å². The van der Waals surface area contributed by atoms with E-state index in [-0.39, 0.29) is 0 Å². The molecule has 0 aromatic carbocycles. The number of Topliss-reactive ketones (excluding diaryl/α,β-unsaturated/α-hetero) is 1. The molecule has 1 nitrogen and oxygen atoms in total. The van der Waals surface area contributed by atoms with E-state index < -0.39 is 0 Å². The summed E-state index contributed by atoms with van der Waals surface area (Å²) < 4.78 is 0. The predicted molar refractivity (Wildman–Crippen MR) is 25.8 cm³/mol. The summed E-state index contributed by atoms with van der Waals surface area (Å²) in [6, 6.07) is 0. The average Bonchev–Trinajstić information content (AvgIpc) is 2.18. The molecule has 7 heavy (non-hydrogen) atoms. The van der Waals surface area contributed by atoms with Crippen molar-refractivity contribution in [2.45, 2.75) is 19.3 Å². The van der Waals surface area contributed by atoms with Crippen LogP contribution in [0.5, 0.6) is 0 Å². The lowest BCUT2D eigenvalue weighted by Crippen LogP contribution is -2.26. The van der Waals surface area contributed by atoms with E-state index in [0.717, 1.165) is 0 Å². The molecule has 2 atom stereocenters. The second kappa shape index (κ2) is 0.908. The van der Waals surface area contributed by atoms with Crippen molar-refractivity contribution in [3.05, 3.63) is 0 Å². The molecule has 0 amide bonds. The molecule has 1 heteroatoms. The van der Waals surface area contributed by atoms with Crippen LogP contribution in [0.2, 0.25) is 0 Å². The Labute approximate surface area is 42.7 Å². The third-order valence-corrected chi connectivity index (χ3v) is 2.24. The highest BCUT2D eigenvalue weighted by molar-refractivity contribution is 5.90. The summed E-state index contributed by atoms with van der Waals surface area (Å²) in [6.07, 6.45) is 3.62. The molecule has 3 aliphatic rings. The fourth-order valence-corrected chi connectivity index (χ4v) is 1.67. The van der Waals surface area contributed by atoms with E-state index in [2.05, 4.69) is 0 Å². The summed E-state index contributed by atoms with van der Waals surface area (Å²) in [5.74, 6) is 1.59. The van der Waals surface area contributed by atoms with E-state index in [4.69, 9.17) is 0 Å². The molecule has 0 aromatic rings. The van der Waals surface area contributed by atoms with Crippen molar-refractivity contribution >= 4 is 5.78 Å². The third kappa shape index (κ3) is 0.275. The lowest BCUT2D eigenvalue weighted by atomic mass is 9.83. The number of ketones is 1. The highest BCUT2D eigenvalue weighted by Crippen LogP contribution is 2.44. The number of fused-ring (bicyclic) bond motifs is 1. The standard InChI is InChI=1S/C6H8O/c7-6-4-1-2-5(6)3-4/h4-5H,1-3H2/t4-,5+. The summed E-state index contributed by atoms with van der Waals surface area (Å²) in [7, 11) is 0. The topological polar surface area (TPSA) is 17.1 Å². The first-order valence-corrected chi connectivity index (χ1v) is 2.91. The molecule has 0 spiro atoms. The van der Waals surface area contributed by atoms with Crippen molar-refractivity contribution in [3.63, 3.8) is 0 Å². The van der Waals surface area contributed by atoms with E-state index >= 15 is 0 Å². The fourth-order valence-electron chi connectivity index (χ4n) is 1.67. The Morgan fingerprint density at radius 3 is 2.00 bits per heavy atom. The molecule has 3 saturated carbocycles. The number of hydrogen-bond acceptors (Lipinski definition) is 1. The number of carbonyl (C=O) groups excluding carboxylic acids is 1. The Morgan fingerprint density at radius 2 is 1.86 bits per heavy atom. The van der Waals surface area contributed by atoms with Crippen LogP contribution in [-0.2, 0) is 4.79 Å². The number of hydrogen-bond donors (Lipinski definition) is 0. The van der Waals surface area contributed by atoms with Gasteiger partial charge in [-0.3, -0.25) is 4.79 Å². The molecule has 0 saturated heterocycles. The monoisotopic (exact) mass is 96.1 g/mol. The van der Waals surface area contributed by atoms with Gasteiger partial charge in [-0.05, 0) is 19.3 Å². The van der Waals surface area contributed by atoms with Gasteiger partial charge in [-0.1, -0.05) is 0 Å². The Hall–Kier alpha value is -0.330. The molecule has 0 aromatic heterocycles. The summed E-state index contributed by atoms with van der Waals surface area (Å²) in [4.78, 5) is 10.6. The first kappa shape index (κ1) is 3.65. The van der Waals surface area contributed by atoms with Gasteiger partial charge in [0.1, 0.15) is 5.78 Å². The van der Waals surface area contributed by atoms with Crippen molar-refractivity contribution in [2.24, 2.45) is 11.8 Å². The van der Waals surface area contributed by atoms with Gasteiger partial charge >= 0.3 is 0 Å². The van der Waals surface area contributed by atoms with E-state index in [1.54, 1.807) is 0 Å². The Morgan fingerprint density at radius 1 is 1.29 bits per heavy atom. The maximum atomic E-state index is 10.6. The summed E-state index contributed by atoms with van der Waals surface area (Å²) >= 11 is 0. The average molecular weight is 96.1 g/mol. The van der Waals surface area contributed by atoms with Gasteiger partial charge in [0.25, 0.3) is 0 Å². The zero-order valence-electron chi connectivity index (χ0n) is 4.18. The molecule has 2 bridgehead atoms. The molecule has 0 heterocycles. The molecule has 38 valence electrons. The van der Waals surface area contributed by atoms with Gasteiger partial charge in [0.05, 0.1) is 0 Å². The molecular formula is C6H8O. The summed E-state index contributed by atoms with van der Waals surface area (Å²) in [6.45, 7) is 0. The van der Waals surface area contributed by atoms with Crippen LogP contribution in [0, 0.1) is 11.8 Å². The molecule has 0 aliphatic heterocycles. The SMILES string of the molecule is O=C1[C@@H]2CC[C@H]1C2. The van der Waals surface area contributed by atoms with Crippen molar-refractivity contribution in [1.29, 1.82) is 0 Å². The largest absolute Gasteiger partial charge is 0.299 e. The van der Waals surface area contributed by atoms with Gasteiger partial charge in [-0.15, -0.1) is 0 Å². The van der Waals surface area contributed by atoms with Crippen LogP contribution in [-0.4, -0.2) is 5.78 Å². The Kier molecular flexibility index (Phi) is 0.473. The van der Waals surface area contributed by atoms with Gasteiger partial charge in [0.15, 0.2) is 0 Å². The van der Waals surface area contributed by atoms with E-state index in [0.29, 0.717) is 17.6 Å². The second-order valence-corrected chi connectivity index (χ2v) is 2.61. The van der Waals surface area contributed by atoms with Crippen LogP contribution >= 0.6 is 0 Å². The minimum Gasteiger partial charge on any atom is -0.299 e. The minimum absolute atomic E-state index is 0.519. The van der Waals surface area contributed by atoms with Gasteiger partial charge < -0.3 is 0 Å². The Balaban J connectivity index is 2.29. The van der Waals surface area contributed by atoms with Crippen molar-refractivity contribution in [3.8, 4) is 0 Å². The van der Waals surface area contributed by atoms with E-state index in [1.165, 1.54) is 19.3 Å². The summed E-state index contributed by atoms with van der Waals surface area (Å²) in [5.41, 5.74) is 0. The van der Waals surface area contributed by atoms with Crippen LogP contribution in [0.3, 0.4) is 0 Å². The van der Waals surface area contributed by atoms with E-state index in [9.17, 15) is 4.79 Å². The molecule has 3 rings (SSSR count). The van der Waals surface area contributed by atoms with Gasteiger partial charge in [0, 0.05) is 11.8 Å². The number of rotatable bonds is 0. The van der Waals surface area contributed by atoms with Crippen molar-refractivity contribution < 1.29 is 4.79 Å². The maximum Gasteiger partial charge on any atom is 0.139 e. The Bertz CT molecular complexity index is 101. The highest BCUT2D eigenvalue weighted by Gasteiger charge is 2.45. The van der Waals surface area contributed by atoms with Gasteiger partial charge in [-0.2, -0.15) is 0 Å². The lowest BCUT2D eigenvalue weighted by molar-refractivity contribution is -0.130. The second-order valence-electron chi connectivity index (χ2n) is 2.61. The van der Waals surface area contributed by atoms with Crippen LogP contribution in [0.15, 0.2) is 0 Å². The van der Waals surface area contributed by atoms with Gasteiger partial charge in [-0.25, -0.2) is 0 Å². The molecule has 0 radical (unpaired) electrons. The summed E-state index contributed by atoms with van der Waals surface area (Å²) in [5, 5.41) is 0. The highest BCUT2D eigenvalue weighted by atomic mass is 16.1. The van der Waals surface area contributed by atoms with Crippen LogP contribution in [0.1, 0.15) is 19.3 Å². The molecule has 0 N–H and O–H groups in total. The van der Waals surface area contributed by atoms with Crippen molar-refractivity contribution in [2.75, 3.05) is 0 Å². The quantitative estimate of drug-likeness (QED) is 0.439. The zero-order chi connectivity index (χ0) is 4.85. The van der Waals surface area contributed by atoms with E-state index in [1.807, 2.05) is 0 Å². The van der Waals surface area contributed by atoms with Crippen LogP contribution < -0.4 is 0 Å². The smallest absolute Gasteiger partial charge is 0.139 e. The fraction of sp³-hybridized carbons (Fsp3) is 0.833. The third-order valence-electron chi connectivity index (χ3n) is 2.24. The maximum absolute atomic E-state index is 10.6. The molecule has 0 unspecified atom stereocenters. The van der Waals surface area contributed by atoms with Crippen LogP contribution in [0.25, 0.3) is 0 Å². The minimum atomic E-state index is 0.519. The van der Waals surface area contributed by atoms with Crippen molar-refractivity contribution in [1.82, 2.24) is 0 Å². The van der Waals surface area contributed by atoms with Gasteiger partial charge in [0.2, 0.25) is 0 Å². The first-order chi connectivity index (χ1) is 3.38. The lowest BCUT2D eigenvalue weighted by Gasteiger charge is -2.19. The number of carbonyl (C=O) groups is 1. The zero-order valence-corrected chi connectivity index (χ0v) is 4.18. The predicted octanol–water partition coefficient (Wildman–Crippen LogP) is 0.985.